The molecule has 3 aliphatic carbocycles. The summed E-state index contributed by atoms with van der Waals surface area (Å²) in [7, 11) is 0. The molecule has 5 atom stereocenters. The largest absolute Gasteiger partial charge is 0.342 e. The van der Waals surface area contributed by atoms with Gasteiger partial charge in [-0.05, 0) is 54.8 Å². The van der Waals surface area contributed by atoms with E-state index in [0.29, 0.717) is 11.8 Å². The van der Waals surface area contributed by atoms with Gasteiger partial charge in [0.15, 0.2) is 0 Å². The van der Waals surface area contributed by atoms with Crippen molar-refractivity contribution in [1.29, 1.82) is 0 Å². The Morgan fingerprint density at radius 3 is 2.30 bits per heavy atom. The lowest BCUT2D eigenvalue weighted by molar-refractivity contribution is -0.137. The number of rotatable bonds is 1. The lowest BCUT2D eigenvalue weighted by atomic mass is 9.79. The smallest absolute Gasteiger partial charge is 0.226 e. The van der Waals surface area contributed by atoms with Gasteiger partial charge in [-0.25, -0.2) is 0 Å². The molecule has 114 valence electrons. The van der Waals surface area contributed by atoms with Gasteiger partial charge in [0.1, 0.15) is 0 Å². The molecule has 4 aliphatic rings. The van der Waals surface area contributed by atoms with Crippen LogP contribution < -0.4 is 5.73 Å². The van der Waals surface area contributed by atoms with Crippen LogP contribution in [0.1, 0.15) is 39.5 Å². The molecule has 3 saturated carbocycles. The van der Waals surface area contributed by atoms with Crippen LogP contribution in [-0.2, 0) is 4.79 Å². The van der Waals surface area contributed by atoms with E-state index in [9.17, 15) is 4.79 Å². The summed E-state index contributed by atoms with van der Waals surface area (Å²) in [5.74, 6) is 4.19. The molecule has 1 heterocycles. The Kier molecular flexibility index (Phi) is 3.37. The molecule has 1 aliphatic heterocycles. The highest BCUT2D eigenvalue weighted by Crippen LogP contribution is 2.69. The van der Waals surface area contributed by atoms with E-state index < -0.39 is 0 Å². The zero-order chi connectivity index (χ0) is 13.4. The van der Waals surface area contributed by atoms with E-state index in [1.165, 1.54) is 19.3 Å². The maximum atomic E-state index is 12.8. The highest BCUT2D eigenvalue weighted by Gasteiger charge is 2.68. The molecule has 0 aromatic carbocycles. The molecule has 1 amide bonds. The van der Waals surface area contributed by atoms with Crippen molar-refractivity contribution in [3.8, 4) is 0 Å². The third-order valence-electron chi connectivity index (χ3n) is 6.64. The van der Waals surface area contributed by atoms with E-state index in [0.717, 1.165) is 43.2 Å². The minimum atomic E-state index is 0. The summed E-state index contributed by atoms with van der Waals surface area (Å²) >= 11 is 0. The number of nitrogens with zero attached hydrogens (tertiary/aromatic N) is 1. The van der Waals surface area contributed by atoms with Crippen molar-refractivity contribution in [2.75, 3.05) is 13.1 Å². The summed E-state index contributed by atoms with van der Waals surface area (Å²) in [5.41, 5.74) is 6.25. The summed E-state index contributed by atoms with van der Waals surface area (Å²) in [5, 5.41) is 0. The number of carbonyl (C=O) groups is 1. The molecule has 2 bridgehead atoms. The average Bonchev–Trinajstić information content (AvgIpc) is 2.79. The second-order valence-corrected chi connectivity index (χ2v) is 8.16. The van der Waals surface area contributed by atoms with Gasteiger partial charge in [-0.1, -0.05) is 13.8 Å². The number of halogens is 1. The Balaban J connectivity index is 0.00000121. The second kappa shape index (κ2) is 4.61. The van der Waals surface area contributed by atoms with Crippen LogP contribution in [0, 0.1) is 35.0 Å². The van der Waals surface area contributed by atoms with E-state index >= 15 is 0 Å². The number of amides is 1. The number of carbonyl (C=O) groups excluding carboxylic acids is 1. The minimum absolute atomic E-state index is 0. The summed E-state index contributed by atoms with van der Waals surface area (Å²) in [4.78, 5) is 14.9. The van der Waals surface area contributed by atoms with Crippen LogP contribution in [0.15, 0.2) is 0 Å². The van der Waals surface area contributed by atoms with E-state index in [4.69, 9.17) is 5.73 Å². The molecule has 0 aromatic heterocycles. The van der Waals surface area contributed by atoms with Crippen LogP contribution in [0.3, 0.4) is 0 Å². The predicted molar refractivity (Wildman–Crippen MR) is 81.5 cm³/mol. The zero-order valence-electron chi connectivity index (χ0n) is 12.5. The van der Waals surface area contributed by atoms with Gasteiger partial charge in [0.05, 0.1) is 0 Å². The number of likely N-dealkylation sites (tertiary alicyclic amines) is 1. The molecule has 0 radical (unpaired) electrons. The summed E-state index contributed by atoms with van der Waals surface area (Å²) in [6.07, 6.45) is 5.18. The Labute approximate surface area is 128 Å². The molecule has 0 aromatic rings. The molecular formula is C16H27ClN2O. The molecule has 2 N–H and O–H groups in total. The molecule has 3 nitrogen and oxygen atoms in total. The van der Waals surface area contributed by atoms with Gasteiger partial charge in [0.25, 0.3) is 0 Å². The maximum Gasteiger partial charge on any atom is 0.226 e. The van der Waals surface area contributed by atoms with Crippen molar-refractivity contribution < 1.29 is 4.79 Å². The molecule has 20 heavy (non-hydrogen) atoms. The van der Waals surface area contributed by atoms with Crippen LogP contribution >= 0.6 is 12.4 Å². The van der Waals surface area contributed by atoms with E-state index in [-0.39, 0.29) is 23.9 Å². The summed E-state index contributed by atoms with van der Waals surface area (Å²) < 4.78 is 0. The fraction of sp³-hybridized carbons (Fsp3) is 0.938. The van der Waals surface area contributed by atoms with Gasteiger partial charge in [-0.3, -0.25) is 4.79 Å². The molecule has 4 fully saturated rings. The fourth-order valence-electron chi connectivity index (χ4n) is 5.43. The van der Waals surface area contributed by atoms with E-state index in [1.807, 2.05) is 0 Å². The topological polar surface area (TPSA) is 46.3 Å². The lowest BCUT2D eigenvalue weighted by Gasteiger charge is -2.43. The quantitative estimate of drug-likeness (QED) is 0.807. The maximum absolute atomic E-state index is 12.8. The van der Waals surface area contributed by atoms with Gasteiger partial charge in [-0.2, -0.15) is 0 Å². The van der Waals surface area contributed by atoms with Crippen molar-refractivity contribution >= 4 is 18.3 Å². The van der Waals surface area contributed by atoms with Crippen LogP contribution in [0.2, 0.25) is 0 Å². The molecular weight excluding hydrogens is 272 g/mol. The normalized spacial score (nSPS) is 47.6. The summed E-state index contributed by atoms with van der Waals surface area (Å²) in [6.45, 7) is 6.15. The van der Waals surface area contributed by atoms with Crippen molar-refractivity contribution in [2.45, 2.75) is 45.6 Å². The Bertz CT molecular complexity index is 409. The standard InChI is InChI=1S/C16H26N2O.ClH/c1-16(2)8-18(6-5-11(16)17)15(19)14-12-9-3-4-10(7-9)13(12)14;/h9-14H,3-8,17H2,1-2H3;1H. The van der Waals surface area contributed by atoms with Gasteiger partial charge in [0.2, 0.25) is 5.91 Å². The van der Waals surface area contributed by atoms with Crippen molar-refractivity contribution in [1.82, 2.24) is 4.90 Å². The number of hydrogen-bond donors (Lipinski definition) is 1. The second-order valence-electron chi connectivity index (χ2n) is 8.16. The lowest BCUT2D eigenvalue weighted by Crippen LogP contribution is -2.54. The third-order valence-corrected chi connectivity index (χ3v) is 6.64. The van der Waals surface area contributed by atoms with Crippen LogP contribution in [0.4, 0.5) is 0 Å². The number of nitrogens with two attached hydrogens (primary N) is 1. The molecule has 0 spiro atoms. The predicted octanol–water partition coefficient (Wildman–Crippen LogP) is 2.29. The van der Waals surface area contributed by atoms with Crippen LogP contribution in [0.5, 0.6) is 0 Å². The first kappa shape index (κ1) is 14.6. The minimum Gasteiger partial charge on any atom is -0.342 e. The van der Waals surface area contributed by atoms with Crippen molar-refractivity contribution in [3.63, 3.8) is 0 Å². The Hall–Kier alpha value is -0.280. The summed E-state index contributed by atoms with van der Waals surface area (Å²) in [6, 6.07) is 0.242. The van der Waals surface area contributed by atoms with E-state index in [2.05, 4.69) is 18.7 Å². The Morgan fingerprint density at radius 1 is 1.15 bits per heavy atom. The first-order chi connectivity index (χ1) is 8.99. The highest BCUT2D eigenvalue weighted by molar-refractivity contribution is 5.85. The third kappa shape index (κ3) is 1.93. The fourth-order valence-corrected chi connectivity index (χ4v) is 5.43. The molecule has 5 unspecified atom stereocenters. The SMILES string of the molecule is CC1(C)CN(C(=O)C2C3C4CCC(C4)C23)CCC1N.Cl. The van der Waals surface area contributed by atoms with E-state index in [1.54, 1.807) is 0 Å². The van der Waals surface area contributed by atoms with Gasteiger partial charge in [-0.15, -0.1) is 12.4 Å². The molecule has 1 saturated heterocycles. The molecule has 4 rings (SSSR count). The van der Waals surface area contributed by atoms with Crippen LogP contribution in [0.25, 0.3) is 0 Å². The number of piperidine rings is 1. The first-order valence-electron chi connectivity index (χ1n) is 8.03. The van der Waals surface area contributed by atoms with Crippen LogP contribution in [-0.4, -0.2) is 29.9 Å². The van der Waals surface area contributed by atoms with Gasteiger partial charge < -0.3 is 10.6 Å². The van der Waals surface area contributed by atoms with Gasteiger partial charge in [0, 0.05) is 25.0 Å². The average molecular weight is 299 g/mol. The number of hydrogen-bond acceptors (Lipinski definition) is 2. The van der Waals surface area contributed by atoms with Crippen molar-refractivity contribution in [3.05, 3.63) is 0 Å². The number of fused-ring (bicyclic) bond motifs is 5. The Morgan fingerprint density at radius 2 is 1.75 bits per heavy atom. The zero-order valence-corrected chi connectivity index (χ0v) is 13.4. The first-order valence-corrected chi connectivity index (χ1v) is 8.03. The highest BCUT2D eigenvalue weighted by atomic mass is 35.5. The monoisotopic (exact) mass is 298 g/mol. The van der Waals surface area contributed by atoms with Gasteiger partial charge >= 0.3 is 0 Å². The molecule has 4 heteroatoms. The van der Waals surface area contributed by atoms with Crippen molar-refractivity contribution in [2.24, 2.45) is 40.7 Å².